The lowest BCUT2D eigenvalue weighted by Gasteiger charge is -2.13. The van der Waals surface area contributed by atoms with Crippen LogP contribution in [-0.4, -0.2) is 44.9 Å². The van der Waals surface area contributed by atoms with Crippen LogP contribution in [0.1, 0.15) is 12.0 Å². The second-order valence-corrected chi connectivity index (χ2v) is 5.97. The molecule has 2 rings (SSSR count). The highest BCUT2D eigenvalue weighted by atomic mass is 35.5. The topological polar surface area (TPSA) is 67.8 Å². The van der Waals surface area contributed by atoms with Gasteiger partial charge in [-0.15, -0.1) is 0 Å². The lowest BCUT2D eigenvalue weighted by molar-refractivity contribution is 0.172. The van der Waals surface area contributed by atoms with Crippen molar-refractivity contribution in [1.29, 1.82) is 0 Å². The van der Waals surface area contributed by atoms with Crippen molar-refractivity contribution < 1.29 is 9.47 Å². The molecule has 0 aliphatic carbocycles. The lowest BCUT2D eigenvalue weighted by Crippen LogP contribution is -2.32. The second kappa shape index (κ2) is 11.3. The average Bonchev–Trinajstić information content (AvgIpc) is 2.66. The van der Waals surface area contributed by atoms with Crippen LogP contribution in [0, 0.1) is 0 Å². The predicted octanol–water partition coefficient (Wildman–Crippen LogP) is 3.38. The van der Waals surface area contributed by atoms with Gasteiger partial charge in [0.1, 0.15) is 10.9 Å². The molecule has 1 heterocycles. The fourth-order valence-electron chi connectivity index (χ4n) is 2.25. The molecule has 0 fully saturated rings. The zero-order valence-electron chi connectivity index (χ0n) is 15.2. The zero-order chi connectivity index (χ0) is 18.6. The van der Waals surface area contributed by atoms with Gasteiger partial charge in [-0.2, -0.15) is 0 Å². The molecule has 0 aliphatic heterocycles. The van der Waals surface area contributed by atoms with Crippen LogP contribution in [0.25, 0.3) is 0 Å². The summed E-state index contributed by atoms with van der Waals surface area (Å²) >= 11 is 5.80. The summed E-state index contributed by atoms with van der Waals surface area (Å²) in [4.78, 5) is 8.33. The molecule has 2 N–H and O–H groups in total. The van der Waals surface area contributed by atoms with E-state index in [4.69, 9.17) is 21.1 Å². The summed E-state index contributed by atoms with van der Waals surface area (Å²) in [7, 11) is 3.43. The number of ether oxygens (including phenoxy) is 2. The molecule has 140 valence electrons. The fraction of sp³-hybridized carbons (Fsp3) is 0.368. The van der Waals surface area contributed by atoms with Crippen molar-refractivity contribution >= 4 is 23.2 Å². The quantitative estimate of drug-likeness (QED) is 0.304. The minimum absolute atomic E-state index is 0.503. The van der Waals surface area contributed by atoms with Gasteiger partial charge in [0.05, 0.1) is 6.61 Å². The average molecular weight is 377 g/mol. The molecular formula is C19H25ClN4O2. The Hall–Kier alpha value is -2.31. The van der Waals surface area contributed by atoms with Crippen LogP contribution >= 0.6 is 11.6 Å². The van der Waals surface area contributed by atoms with E-state index in [1.807, 2.05) is 30.3 Å². The van der Waals surface area contributed by atoms with Crippen molar-refractivity contribution in [3.8, 4) is 5.75 Å². The number of guanidine groups is 1. The lowest BCUT2D eigenvalue weighted by atomic mass is 10.2. The molecule has 2 aromatic rings. The summed E-state index contributed by atoms with van der Waals surface area (Å²) in [5.74, 6) is 1.51. The molecule has 1 aromatic heterocycles. The van der Waals surface area contributed by atoms with E-state index < -0.39 is 0 Å². The van der Waals surface area contributed by atoms with E-state index >= 15 is 0 Å². The first-order valence-electron chi connectivity index (χ1n) is 8.51. The van der Waals surface area contributed by atoms with Crippen LogP contribution in [0.5, 0.6) is 5.75 Å². The number of aromatic nitrogens is 1. The van der Waals surface area contributed by atoms with Crippen molar-refractivity contribution in [2.24, 2.45) is 4.99 Å². The Bertz CT molecular complexity index is 692. The van der Waals surface area contributed by atoms with Crippen LogP contribution in [0.4, 0.5) is 5.69 Å². The van der Waals surface area contributed by atoms with Crippen molar-refractivity contribution in [2.45, 2.75) is 12.8 Å². The Morgan fingerprint density at radius 3 is 2.85 bits per heavy atom. The Morgan fingerprint density at radius 2 is 2.12 bits per heavy atom. The maximum absolute atomic E-state index is 5.80. The molecule has 0 saturated heterocycles. The van der Waals surface area contributed by atoms with Gasteiger partial charge in [0.25, 0.3) is 0 Å². The first-order valence-corrected chi connectivity index (χ1v) is 8.89. The molecule has 7 heteroatoms. The first-order chi connectivity index (χ1) is 12.7. The molecular weight excluding hydrogens is 352 g/mol. The number of rotatable bonds is 9. The van der Waals surface area contributed by atoms with Crippen molar-refractivity contribution in [1.82, 2.24) is 10.3 Å². The minimum Gasteiger partial charge on any atom is -0.493 e. The first kappa shape index (κ1) is 20.0. The van der Waals surface area contributed by atoms with Crippen LogP contribution in [-0.2, 0) is 11.2 Å². The highest BCUT2D eigenvalue weighted by Gasteiger charge is 2.02. The monoisotopic (exact) mass is 376 g/mol. The SMILES string of the molecule is CN=C(NCCc1ccc(Cl)nc1)Nc1cccc(OCCCOC)c1. The number of pyridine rings is 1. The number of aliphatic imine (C=N–C) groups is 1. The Kier molecular flexibility index (Phi) is 8.72. The van der Waals surface area contributed by atoms with Crippen LogP contribution in [0.2, 0.25) is 5.15 Å². The van der Waals surface area contributed by atoms with Gasteiger partial charge in [-0.1, -0.05) is 23.7 Å². The molecule has 6 nitrogen and oxygen atoms in total. The maximum atomic E-state index is 5.80. The van der Waals surface area contributed by atoms with E-state index in [1.54, 1.807) is 26.4 Å². The molecule has 0 unspecified atom stereocenters. The van der Waals surface area contributed by atoms with E-state index in [9.17, 15) is 0 Å². The molecule has 0 amide bonds. The molecule has 1 aromatic carbocycles. The summed E-state index contributed by atoms with van der Waals surface area (Å²) in [6, 6.07) is 11.6. The summed E-state index contributed by atoms with van der Waals surface area (Å²) < 4.78 is 10.7. The molecule has 0 aliphatic rings. The number of methoxy groups -OCH3 is 1. The molecule has 0 saturated carbocycles. The third-order valence-corrected chi connectivity index (χ3v) is 3.80. The number of hydrogen-bond acceptors (Lipinski definition) is 4. The highest BCUT2D eigenvalue weighted by Crippen LogP contribution is 2.17. The van der Waals surface area contributed by atoms with E-state index in [0.717, 1.165) is 36.4 Å². The van der Waals surface area contributed by atoms with E-state index in [2.05, 4.69) is 20.6 Å². The van der Waals surface area contributed by atoms with Gasteiger partial charge in [-0.05, 0) is 30.2 Å². The summed E-state index contributed by atoms with van der Waals surface area (Å²) in [6.45, 7) is 2.05. The third-order valence-electron chi connectivity index (χ3n) is 3.58. The molecule has 0 spiro atoms. The van der Waals surface area contributed by atoms with Crippen molar-refractivity contribution in [2.75, 3.05) is 39.2 Å². The van der Waals surface area contributed by atoms with Crippen LogP contribution in [0.3, 0.4) is 0 Å². The second-order valence-electron chi connectivity index (χ2n) is 5.59. The van der Waals surface area contributed by atoms with Gasteiger partial charge in [-0.25, -0.2) is 4.98 Å². The normalized spacial score (nSPS) is 11.3. The van der Waals surface area contributed by atoms with Gasteiger partial charge >= 0.3 is 0 Å². The van der Waals surface area contributed by atoms with E-state index in [0.29, 0.717) is 24.3 Å². The molecule has 0 radical (unpaired) electrons. The van der Waals surface area contributed by atoms with E-state index in [1.165, 1.54) is 0 Å². The molecule has 26 heavy (non-hydrogen) atoms. The number of hydrogen-bond donors (Lipinski definition) is 2. The maximum Gasteiger partial charge on any atom is 0.195 e. The molecule has 0 atom stereocenters. The van der Waals surface area contributed by atoms with Gasteiger partial charge in [0, 0.05) is 51.7 Å². The van der Waals surface area contributed by atoms with E-state index in [-0.39, 0.29) is 0 Å². The van der Waals surface area contributed by atoms with Crippen LogP contribution < -0.4 is 15.4 Å². The molecule has 0 bridgehead atoms. The minimum atomic E-state index is 0.503. The standard InChI is InChI=1S/C19H25ClN4O2/c1-21-19(22-10-9-15-7-8-18(20)23-14-15)24-16-5-3-6-17(13-16)26-12-4-11-25-2/h3,5-8,13-14H,4,9-12H2,1-2H3,(H2,21,22,24). The number of nitrogens with one attached hydrogen (secondary N) is 2. The predicted molar refractivity (Wildman–Crippen MR) is 106 cm³/mol. The number of anilines is 1. The van der Waals surface area contributed by atoms with Gasteiger partial charge in [0.15, 0.2) is 5.96 Å². The third kappa shape index (κ3) is 7.29. The van der Waals surface area contributed by atoms with Gasteiger partial charge in [0.2, 0.25) is 0 Å². The Morgan fingerprint density at radius 1 is 1.23 bits per heavy atom. The number of benzene rings is 1. The van der Waals surface area contributed by atoms with Crippen LogP contribution in [0.15, 0.2) is 47.6 Å². The van der Waals surface area contributed by atoms with Crippen molar-refractivity contribution in [3.63, 3.8) is 0 Å². The zero-order valence-corrected chi connectivity index (χ0v) is 15.9. The Balaban J connectivity index is 1.80. The number of halogens is 1. The Labute approximate surface area is 159 Å². The van der Waals surface area contributed by atoms with Gasteiger partial charge in [-0.3, -0.25) is 4.99 Å². The summed E-state index contributed by atoms with van der Waals surface area (Å²) in [5.41, 5.74) is 2.03. The smallest absolute Gasteiger partial charge is 0.195 e. The van der Waals surface area contributed by atoms with Crippen molar-refractivity contribution in [3.05, 3.63) is 53.3 Å². The largest absolute Gasteiger partial charge is 0.493 e. The fourth-order valence-corrected chi connectivity index (χ4v) is 2.36. The van der Waals surface area contributed by atoms with Gasteiger partial charge < -0.3 is 20.1 Å². The summed E-state index contributed by atoms with van der Waals surface area (Å²) in [6.07, 6.45) is 3.47. The highest BCUT2D eigenvalue weighted by molar-refractivity contribution is 6.29. The summed E-state index contributed by atoms with van der Waals surface area (Å²) in [5, 5.41) is 7.05. The number of nitrogens with zero attached hydrogens (tertiary/aromatic N) is 2.